The second-order valence-electron chi connectivity index (χ2n) is 3.52. The number of aromatic hydroxyl groups is 1. The van der Waals surface area contributed by atoms with Crippen molar-refractivity contribution in [2.45, 2.75) is 6.92 Å². The number of para-hydroxylation sites is 1. The van der Waals surface area contributed by atoms with Crippen LogP contribution in [0.3, 0.4) is 0 Å². The van der Waals surface area contributed by atoms with Gasteiger partial charge in [0.05, 0.1) is 11.5 Å². The van der Waals surface area contributed by atoms with Crippen LogP contribution in [0, 0.1) is 5.41 Å². The molecule has 18 heavy (non-hydrogen) atoms. The van der Waals surface area contributed by atoms with Crippen molar-refractivity contribution in [3.05, 3.63) is 28.7 Å². The van der Waals surface area contributed by atoms with Crippen LogP contribution in [0.1, 0.15) is 12.5 Å². The highest BCUT2D eigenvalue weighted by molar-refractivity contribution is 8.18. The maximum Gasteiger partial charge on any atom is 0.264 e. The third-order valence-electron chi connectivity index (χ3n) is 2.28. The highest BCUT2D eigenvalue weighted by Gasteiger charge is 2.22. The van der Waals surface area contributed by atoms with Gasteiger partial charge in [0.15, 0.2) is 16.7 Å². The first-order chi connectivity index (χ1) is 8.61. The third-order valence-corrected chi connectivity index (χ3v) is 3.11. The normalized spacial score (nSPS) is 17.1. The highest BCUT2D eigenvalue weighted by Crippen LogP contribution is 2.33. The van der Waals surface area contributed by atoms with E-state index in [-0.39, 0.29) is 16.8 Å². The number of benzene rings is 1. The number of carbonyl (C=O) groups excluding carboxylic acids is 1. The Morgan fingerprint density at radius 3 is 2.94 bits per heavy atom. The summed E-state index contributed by atoms with van der Waals surface area (Å²) in [5, 5.41) is 19.8. The third kappa shape index (κ3) is 2.48. The minimum Gasteiger partial charge on any atom is -0.504 e. The lowest BCUT2D eigenvalue weighted by Crippen LogP contribution is -2.18. The quantitative estimate of drug-likeness (QED) is 0.728. The van der Waals surface area contributed by atoms with E-state index in [1.54, 1.807) is 24.3 Å². The van der Waals surface area contributed by atoms with Gasteiger partial charge in [0.2, 0.25) is 0 Å². The van der Waals surface area contributed by atoms with Crippen LogP contribution in [0.15, 0.2) is 23.1 Å². The molecule has 1 amide bonds. The first-order valence-corrected chi connectivity index (χ1v) is 6.17. The number of hydrogen-bond acceptors (Lipinski definition) is 5. The van der Waals surface area contributed by atoms with Crippen LogP contribution >= 0.6 is 11.8 Å². The summed E-state index contributed by atoms with van der Waals surface area (Å²) in [6, 6.07) is 5.07. The van der Waals surface area contributed by atoms with Gasteiger partial charge in [0.25, 0.3) is 5.91 Å². The van der Waals surface area contributed by atoms with Gasteiger partial charge < -0.3 is 15.2 Å². The summed E-state index contributed by atoms with van der Waals surface area (Å²) >= 11 is 1.03. The molecule has 5 nitrogen and oxygen atoms in total. The number of amidine groups is 1. The van der Waals surface area contributed by atoms with Crippen LogP contribution in [-0.4, -0.2) is 22.8 Å². The van der Waals surface area contributed by atoms with Crippen molar-refractivity contribution < 1.29 is 14.6 Å². The molecule has 1 aliphatic heterocycles. The van der Waals surface area contributed by atoms with Gasteiger partial charge in [-0.15, -0.1) is 0 Å². The second kappa shape index (κ2) is 5.14. The molecule has 0 unspecified atom stereocenters. The van der Waals surface area contributed by atoms with E-state index in [1.807, 2.05) is 6.92 Å². The van der Waals surface area contributed by atoms with E-state index >= 15 is 0 Å². The second-order valence-corrected chi connectivity index (χ2v) is 4.57. The molecule has 1 heterocycles. The molecule has 0 spiro atoms. The van der Waals surface area contributed by atoms with Gasteiger partial charge in [-0.3, -0.25) is 10.2 Å². The maximum atomic E-state index is 11.5. The zero-order valence-corrected chi connectivity index (χ0v) is 10.5. The molecule has 0 aliphatic carbocycles. The van der Waals surface area contributed by atoms with Crippen LogP contribution in [-0.2, 0) is 4.79 Å². The maximum absolute atomic E-state index is 11.5. The molecule has 1 fully saturated rings. The molecule has 1 aromatic carbocycles. The van der Waals surface area contributed by atoms with Crippen LogP contribution in [0.4, 0.5) is 0 Å². The molecular weight excluding hydrogens is 252 g/mol. The fourth-order valence-corrected chi connectivity index (χ4v) is 2.20. The Labute approximate surface area is 108 Å². The van der Waals surface area contributed by atoms with Crippen molar-refractivity contribution in [2.75, 3.05) is 6.61 Å². The van der Waals surface area contributed by atoms with Crippen molar-refractivity contribution in [1.82, 2.24) is 5.32 Å². The minimum atomic E-state index is -0.328. The van der Waals surface area contributed by atoms with Gasteiger partial charge in [0.1, 0.15) is 0 Å². The summed E-state index contributed by atoms with van der Waals surface area (Å²) < 4.78 is 5.26. The van der Waals surface area contributed by atoms with Gasteiger partial charge in [-0.2, -0.15) is 0 Å². The molecule has 1 saturated heterocycles. The smallest absolute Gasteiger partial charge is 0.264 e. The summed E-state index contributed by atoms with van der Waals surface area (Å²) in [5.41, 5.74) is 0.494. The molecule has 0 atom stereocenters. The number of rotatable bonds is 3. The molecule has 3 N–H and O–H groups in total. The fourth-order valence-electron chi connectivity index (χ4n) is 1.51. The lowest BCUT2D eigenvalue weighted by molar-refractivity contribution is -0.115. The average molecular weight is 264 g/mol. The summed E-state index contributed by atoms with van der Waals surface area (Å²) in [6.07, 6.45) is 1.54. The molecule has 1 aliphatic rings. The van der Waals surface area contributed by atoms with Crippen LogP contribution in [0.2, 0.25) is 0 Å². The number of nitrogens with one attached hydrogen (secondary N) is 2. The van der Waals surface area contributed by atoms with Crippen molar-refractivity contribution in [3.8, 4) is 11.5 Å². The Morgan fingerprint density at radius 1 is 1.56 bits per heavy atom. The molecule has 1 aromatic rings. The van der Waals surface area contributed by atoms with Crippen molar-refractivity contribution in [1.29, 1.82) is 5.41 Å². The topological polar surface area (TPSA) is 82.4 Å². The summed E-state index contributed by atoms with van der Waals surface area (Å²) in [7, 11) is 0. The Balaban J connectivity index is 2.35. The van der Waals surface area contributed by atoms with Gasteiger partial charge in [-0.05, 0) is 30.8 Å². The number of ether oxygens (including phenoxy) is 1. The Kier molecular flexibility index (Phi) is 3.57. The van der Waals surface area contributed by atoms with Crippen molar-refractivity contribution in [2.24, 2.45) is 0 Å². The molecule has 0 bridgehead atoms. The number of phenols is 1. The van der Waals surface area contributed by atoms with E-state index in [0.29, 0.717) is 22.8 Å². The highest BCUT2D eigenvalue weighted by atomic mass is 32.2. The van der Waals surface area contributed by atoms with Gasteiger partial charge in [-0.1, -0.05) is 12.1 Å². The summed E-state index contributed by atoms with van der Waals surface area (Å²) in [6.45, 7) is 2.28. The predicted octanol–water partition coefficient (Wildman–Crippen LogP) is 1.93. The number of hydrogen-bond donors (Lipinski definition) is 3. The number of phenolic OH excluding ortho intramolecular Hbond substituents is 1. The molecule has 0 radical (unpaired) electrons. The molecule has 0 aromatic heterocycles. The summed E-state index contributed by atoms with van der Waals surface area (Å²) in [5.74, 6) is 0.0511. The molecule has 94 valence electrons. The monoisotopic (exact) mass is 264 g/mol. The number of amides is 1. The number of thioether (sulfide) groups is 1. The van der Waals surface area contributed by atoms with E-state index in [9.17, 15) is 9.90 Å². The van der Waals surface area contributed by atoms with Crippen LogP contribution in [0.25, 0.3) is 6.08 Å². The Morgan fingerprint density at radius 2 is 2.33 bits per heavy atom. The van der Waals surface area contributed by atoms with E-state index in [0.717, 1.165) is 11.8 Å². The van der Waals surface area contributed by atoms with Gasteiger partial charge >= 0.3 is 0 Å². The van der Waals surface area contributed by atoms with Crippen LogP contribution in [0.5, 0.6) is 11.5 Å². The Hall–Kier alpha value is -1.95. The molecular formula is C12H12N2O3S. The Bertz CT molecular complexity index is 540. The van der Waals surface area contributed by atoms with E-state index < -0.39 is 0 Å². The van der Waals surface area contributed by atoms with E-state index in [1.165, 1.54) is 0 Å². The van der Waals surface area contributed by atoms with Gasteiger partial charge in [-0.25, -0.2) is 0 Å². The minimum absolute atomic E-state index is 0.00122. The zero-order valence-electron chi connectivity index (χ0n) is 9.69. The first kappa shape index (κ1) is 12.5. The van der Waals surface area contributed by atoms with Crippen molar-refractivity contribution >= 4 is 28.9 Å². The van der Waals surface area contributed by atoms with Crippen LogP contribution < -0.4 is 10.1 Å². The first-order valence-electron chi connectivity index (χ1n) is 5.36. The average Bonchev–Trinajstić information content (AvgIpc) is 2.63. The summed E-state index contributed by atoms with van der Waals surface area (Å²) in [4.78, 5) is 11.8. The van der Waals surface area contributed by atoms with Crippen molar-refractivity contribution in [3.63, 3.8) is 0 Å². The van der Waals surface area contributed by atoms with Gasteiger partial charge in [0, 0.05) is 5.56 Å². The van der Waals surface area contributed by atoms with E-state index in [4.69, 9.17) is 10.1 Å². The SMILES string of the molecule is CCOc1cccc(/C=C2/SC(=N)NC2=O)c1O. The molecule has 2 rings (SSSR count). The fraction of sp³-hybridized carbons (Fsp3) is 0.167. The zero-order chi connectivity index (χ0) is 13.1. The molecule has 6 heteroatoms. The van der Waals surface area contributed by atoms with E-state index in [2.05, 4.69) is 5.32 Å². The standard InChI is InChI=1S/C12H12N2O3S/c1-2-17-8-5-3-4-7(10(8)15)6-9-11(16)14-12(13)18-9/h3-6,15H,2H2,1H3,(H2,13,14,16)/b9-6+. The lowest BCUT2D eigenvalue weighted by atomic mass is 10.1. The molecule has 0 saturated carbocycles. The number of carbonyl (C=O) groups is 1. The lowest BCUT2D eigenvalue weighted by Gasteiger charge is -2.07. The predicted molar refractivity (Wildman–Crippen MR) is 70.7 cm³/mol. The largest absolute Gasteiger partial charge is 0.504 e.